The van der Waals surface area contributed by atoms with Gasteiger partial charge in [0, 0.05) is 74.9 Å². The number of ether oxygens (including phenoxy) is 4. The monoisotopic (exact) mass is 1140 g/mol. The number of benzene rings is 3. The zero-order valence-electron chi connectivity index (χ0n) is 47.5. The van der Waals surface area contributed by atoms with Gasteiger partial charge in [-0.25, -0.2) is 4.98 Å². The highest BCUT2D eigenvalue weighted by Gasteiger charge is 2.44. The number of rotatable bonds is 24. The summed E-state index contributed by atoms with van der Waals surface area (Å²) in [4.78, 5) is 76.6. The Hall–Kier alpha value is -7.06. The van der Waals surface area contributed by atoms with Crippen LogP contribution in [0.4, 0.5) is 11.5 Å². The van der Waals surface area contributed by atoms with Crippen LogP contribution in [0.15, 0.2) is 84.9 Å². The lowest BCUT2D eigenvalue weighted by Gasteiger charge is -2.42. The molecular formula is C61H77N11O9S. The Labute approximate surface area is 484 Å². The van der Waals surface area contributed by atoms with Crippen LogP contribution in [0, 0.1) is 23.7 Å². The molecule has 4 aliphatic heterocycles. The second-order valence-electron chi connectivity index (χ2n) is 22.5. The van der Waals surface area contributed by atoms with Crippen LogP contribution >= 0.6 is 11.3 Å². The quantitative estimate of drug-likeness (QED) is 0.0462. The molecule has 6 atom stereocenters. The number of piperazine rings is 1. The number of carbonyl (C=O) groups is 4. The number of nitriles is 1. The molecule has 6 heterocycles. The molecule has 0 aliphatic carbocycles. The van der Waals surface area contributed by atoms with Crippen molar-refractivity contribution in [2.45, 2.75) is 109 Å². The number of aromatic nitrogens is 3. The molecule has 0 unspecified atom stereocenters. The lowest BCUT2D eigenvalue weighted by Crippen LogP contribution is -2.58. The van der Waals surface area contributed by atoms with Crippen molar-refractivity contribution in [2.75, 3.05) is 95.3 Å². The number of aliphatic hydroxyl groups excluding tert-OH is 1. The van der Waals surface area contributed by atoms with Gasteiger partial charge in [0.2, 0.25) is 23.6 Å². The molecule has 436 valence electrons. The van der Waals surface area contributed by atoms with Crippen LogP contribution in [0.5, 0.6) is 6.01 Å². The van der Waals surface area contributed by atoms with Gasteiger partial charge in [-0.05, 0) is 66.7 Å². The minimum Gasteiger partial charge on any atom is -0.463 e. The fourth-order valence-corrected chi connectivity index (χ4v) is 12.2. The van der Waals surface area contributed by atoms with Crippen molar-refractivity contribution >= 4 is 57.2 Å². The Bertz CT molecular complexity index is 3070. The minimum absolute atomic E-state index is 0.00592. The summed E-state index contributed by atoms with van der Waals surface area (Å²) in [5.41, 5.74) is 7.37. The molecule has 3 saturated heterocycles. The molecule has 9 rings (SSSR count). The van der Waals surface area contributed by atoms with Gasteiger partial charge >= 0.3 is 6.01 Å². The molecule has 2 aromatic heterocycles. The van der Waals surface area contributed by atoms with Crippen LogP contribution in [0.2, 0.25) is 0 Å². The summed E-state index contributed by atoms with van der Waals surface area (Å²) >= 11 is 1.60. The lowest BCUT2D eigenvalue weighted by atomic mass is 9.85. The van der Waals surface area contributed by atoms with Crippen LogP contribution in [-0.4, -0.2) is 175 Å². The van der Waals surface area contributed by atoms with E-state index in [0.29, 0.717) is 77.9 Å². The van der Waals surface area contributed by atoms with Crippen molar-refractivity contribution in [2.24, 2.45) is 5.41 Å². The van der Waals surface area contributed by atoms with E-state index in [1.165, 1.54) is 21.7 Å². The maximum Gasteiger partial charge on any atom is 0.318 e. The van der Waals surface area contributed by atoms with Crippen LogP contribution in [0.1, 0.15) is 69.0 Å². The molecule has 0 radical (unpaired) electrons. The van der Waals surface area contributed by atoms with Gasteiger partial charge < -0.3 is 59.6 Å². The molecular weight excluding hydrogens is 1060 g/mol. The first-order valence-corrected chi connectivity index (χ1v) is 29.4. The summed E-state index contributed by atoms with van der Waals surface area (Å²) in [7, 11) is 0. The van der Waals surface area contributed by atoms with Crippen molar-refractivity contribution in [1.29, 1.82) is 5.26 Å². The second-order valence-corrected chi connectivity index (χ2v) is 23.4. The van der Waals surface area contributed by atoms with Gasteiger partial charge in [-0.15, -0.1) is 11.3 Å². The van der Waals surface area contributed by atoms with Crippen molar-refractivity contribution in [1.82, 2.24) is 40.7 Å². The van der Waals surface area contributed by atoms with Crippen LogP contribution in [-0.2, 0) is 52.8 Å². The van der Waals surface area contributed by atoms with E-state index in [1.807, 2.05) is 57.5 Å². The van der Waals surface area contributed by atoms with Gasteiger partial charge in [0.05, 0.1) is 92.1 Å². The second kappa shape index (κ2) is 27.8. The highest BCUT2D eigenvalue weighted by atomic mass is 32.1. The highest BCUT2D eigenvalue weighted by molar-refractivity contribution is 7.13. The number of hydrogen-bond donors (Lipinski definition) is 4. The largest absolute Gasteiger partial charge is 0.463 e. The number of β-amino-alcohol motifs (C(OH)–C–C–N with tert-alkyl or cyclic N) is 1. The van der Waals surface area contributed by atoms with Crippen LogP contribution < -0.4 is 30.5 Å². The number of amides is 4. The third-order valence-corrected chi connectivity index (χ3v) is 16.7. The van der Waals surface area contributed by atoms with E-state index < -0.39 is 35.4 Å². The predicted octanol–water partition coefficient (Wildman–Crippen LogP) is 5.14. The fraction of sp³-hybridized carbons (Fsp3) is 0.508. The summed E-state index contributed by atoms with van der Waals surface area (Å²) in [6.07, 6.45) is 3.56. The van der Waals surface area contributed by atoms with E-state index in [1.54, 1.807) is 16.2 Å². The lowest BCUT2D eigenvalue weighted by molar-refractivity contribution is -0.144. The van der Waals surface area contributed by atoms with Crippen molar-refractivity contribution < 1.29 is 43.2 Å². The molecule has 4 aliphatic rings. The molecule has 3 fully saturated rings. The zero-order valence-corrected chi connectivity index (χ0v) is 48.3. The molecule has 0 saturated carbocycles. The van der Waals surface area contributed by atoms with Crippen molar-refractivity contribution in [3.8, 4) is 22.5 Å². The highest BCUT2D eigenvalue weighted by Crippen LogP contribution is 2.36. The predicted molar refractivity (Wildman–Crippen MR) is 313 cm³/mol. The number of aryl methyl sites for hydroxylation is 1. The first kappa shape index (κ1) is 59.6. The Morgan fingerprint density at radius 1 is 0.939 bits per heavy atom. The third-order valence-electron chi connectivity index (χ3n) is 15.7. The maximum atomic E-state index is 14.1. The minimum atomic E-state index is -0.971. The topological polar surface area (TPSA) is 237 Å². The number of anilines is 2. The number of thiazole rings is 1. The number of nitrogens with zero attached hydrogens (tertiary/aromatic N) is 8. The van der Waals surface area contributed by atoms with Gasteiger partial charge in [-0.1, -0.05) is 88.0 Å². The summed E-state index contributed by atoms with van der Waals surface area (Å²) in [5.74, 6) is -0.654. The molecule has 4 N–H and O–H groups in total. The summed E-state index contributed by atoms with van der Waals surface area (Å²) in [5, 5.41) is 32.0. The van der Waals surface area contributed by atoms with Crippen molar-refractivity contribution in [3.05, 3.63) is 107 Å². The average Bonchev–Trinajstić information content (AvgIpc) is 3.93. The Morgan fingerprint density at radius 2 is 1.73 bits per heavy atom. The third kappa shape index (κ3) is 14.9. The normalized spacial score (nSPS) is 20.3. The molecule has 0 bridgehead atoms. The average molecular weight is 1140 g/mol. The molecule has 0 spiro atoms. The summed E-state index contributed by atoms with van der Waals surface area (Å²) in [6.45, 7) is 16.2. The van der Waals surface area contributed by atoms with Gasteiger partial charge in [0.25, 0.3) is 0 Å². The van der Waals surface area contributed by atoms with E-state index in [2.05, 4.69) is 85.8 Å². The number of fused-ring (bicyclic) bond motifs is 2. The number of hydrogen-bond acceptors (Lipinski definition) is 17. The van der Waals surface area contributed by atoms with Gasteiger partial charge in [-0.3, -0.25) is 19.2 Å². The standard InChI is InChI=1S/C61H77N11O9S/c1-6-54(75)71-26-25-70(35-45(71)18-22-62)57-49-20-24-69(51-13-9-11-42-10-7-8-12-48(42)51)37-50(49)66-60(68-57)81-27-21-44-32-47(34-64-44)80-31-30-78-28-29-79-38-53(74)67-56(61(3,4)5)59(77)72-36-46(73)33-52(72)58(76)63-23-19-41-14-16-43(17-15-41)55-40(2)65-39-82-55/h6-17,39,44-47,52,56,64,73H,1,18-21,23-38H2,2-5H3,(H,63,76)(H,67,74)/t44-,45-,46-,47+,52-,56+/m0/s1. The van der Waals surface area contributed by atoms with E-state index in [9.17, 15) is 29.5 Å². The fourth-order valence-electron chi connectivity index (χ4n) is 11.4. The molecule has 4 amide bonds. The molecule has 82 heavy (non-hydrogen) atoms. The summed E-state index contributed by atoms with van der Waals surface area (Å²) < 4.78 is 23.9. The van der Waals surface area contributed by atoms with Crippen LogP contribution in [0.3, 0.4) is 0 Å². The Kier molecular flexibility index (Phi) is 20.2. The molecule has 20 nitrogen and oxygen atoms in total. The SMILES string of the molecule is C=CC(=O)N1CCN(c2nc(OCC[C@H]3C[C@@H](OCCOCCOCC(=O)N[C@H](C(=O)N4C[C@@H](O)C[C@H]4C(=O)NCCc4ccc(-c5scnc5C)cc4)C(C)(C)C)CN3)nc3c2CCN(c2cccc4ccccc24)C3)C[C@@H]1CC#N. The van der Waals surface area contributed by atoms with E-state index >= 15 is 0 Å². The first-order valence-electron chi connectivity index (χ1n) is 28.5. The van der Waals surface area contributed by atoms with Gasteiger partial charge in [0.15, 0.2) is 0 Å². The Morgan fingerprint density at radius 3 is 2.51 bits per heavy atom. The Balaban J connectivity index is 0.685. The maximum absolute atomic E-state index is 14.1. The first-order chi connectivity index (χ1) is 39.7. The summed E-state index contributed by atoms with van der Waals surface area (Å²) in [6, 6.07) is 23.5. The van der Waals surface area contributed by atoms with E-state index in [0.717, 1.165) is 63.8 Å². The smallest absolute Gasteiger partial charge is 0.318 e. The van der Waals surface area contributed by atoms with Gasteiger partial charge in [0.1, 0.15) is 24.5 Å². The molecule has 21 heteroatoms. The van der Waals surface area contributed by atoms with E-state index in [-0.39, 0.29) is 69.2 Å². The van der Waals surface area contributed by atoms with Crippen LogP contribution in [0.25, 0.3) is 21.2 Å². The number of nitrogens with one attached hydrogen (secondary N) is 3. The van der Waals surface area contributed by atoms with E-state index in [4.69, 9.17) is 28.9 Å². The molecule has 3 aromatic carbocycles. The van der Waals surface area contributed by atoms with Gasteiger partial charge in [-0.2, -0.15) is 15.2 Å². The van der Waals surface area contributed by atoms with Crippen molar-refractivity contribution in [3.63, 3.8) is 0 Å². The number of aliphatic hydroxyl groups is 1. The molecule has 5 aromatic rings. The number of carbonyl (C=O) groups excluding carboxylic acids is 4. The zero-order chi connectivity index (χ0) is 57.8. The number of likely N-dealkylation sites (tertiary alicyclic amines) is 1.